The summed E-state index contributed by atoms with van der Waals surface area (Å²) in [6.07, 6.45) is 0.231. The highest BCUT2D eigenvalue weighted by molar-refractivity contribution is 5.74. The van der Waals surface area contributed by atoms with E-state index < -0.39 is 24.6 Å². The zero-order valence-electron chi connectivity index (χ0n) is 5.87. The van der Waals surface area contributed by atoms with Gasteiger partial charge >= 0.3 is 5.97 Å². The maximum Gasteiger partial charge on any atom is 0.314 e. The molecule has 0 aromatic carbocycles. The van der Waals surface area contributed by atoms with Gasteiger partial charge in [-0.2, -0.15) is 0 Å². The Hall–Kier alpha value is -0.610. The third-order valence-corrected chi connectivity index (χ3v) is 1.74. The first-order chi connectivity index (χ1) is 4.63. The normalized spacial score (nSPS) is 11.5. The van der Waals surface area contributed by atoms with Gasteiger partial charge in [0.1, 0.15) is 5.41 Å². The number of carboxylic acid groups (broad SMARTS) is 1. The number of rotatable bonds is 4. The molecule has 3 N–H and O–H groups in total. The lowest BCUT2D eigenvalue weighted by molar-refractivity contribution is -0.154. The Labute approximate surface area is 59.1 Å². The Morgan fingerprint density at radius 3 is 1.80 bits per heavy atom. The minimum atomic E-state index is -1.35. The lowest BCUT2D eigenvalue weighted by Crippen LogP contribution is -2.37. The molecule has 0 aliphatic rings. The molecule has 4 nitrogen and oxygen atoms in total. The van der Waals surface area contributed by atoms with E-state index in [2.05, 4.69) is 0 Å². The predicted molar refractivity (Wildman–Crippen MR) is 34.5 cm³/mol. The fourth-order valence-corrected chi connectivity index (χ4v) is 0.560. The average molecular weight is 150 g/mol. The molecule has 0 aromatic heterocycles. The van der Waals surface area contributed by atoms with Crippen LogP contribution in [0, 0.1) is 5.41 Å². The average Bonchev–Trinajstić information content (AvgIpc) is 1.92. The van der Waals surface area contributed by atoms with E-state index in [-0.39, 0.29) is 6.42 Å². The van der Waals surface area contributed by atoms with Gasteiger partial charge in [0.25, 0.3) is 0 Å². The standard InChI is InChI=1S/C6H12O4/c1-2-6(3-7,4-8)5(9)10/h7-8H,2-4H2,1H3,(H,9,10)/i3+1,4+1. The molecular formula is C6H12O4. The molecule has 0 bridgehead atoms. The molecule has 0 fully saturated rings. The molecule has 0 heterocycles. The summed E-state index contributed by atoms with van der Waals surface area (Å²) in [7, 11) is 0. The maximum absolute atomic E-state index is 10.4. The number of aliphatic hydroxyl groups is 2. The van der Waals surface area contributed by atoms with E-state index in [9.17, 15) is 4.79 Å². The number of hydrogen-bond acceptors (Lipinski definition) is 3. The fraction of sp³-hybridized carbons (Fsp3) is 0.833. The van der Waals surface area contributed by atoms with Gasteiger partial charge in [-0.15, -0.1) is 0 Å². The van der Waals surface area contributed by atoms with Gasteiger partial charge in [0.2, 0.25) is 0 Å². The van der Waals surface area contributed by atoms with Crippen LogP contribution in [-0.4, -0.2) is 34.5 Å². The number of carboxylic acids is 1. The fourth-order valence-electron chi connectivity index (χ4n) is 0.560. The van der Waals surface area contributed by atoms with Gasteiger partial charge < -0.3 is 15.3 Å². The maximum atomic E-state index is 10.4. The van der Waals surface area contributed by atoms with E-state index in [1.165, 1.54) is 0 Å². The van der Waals surface area contributed by atoms with Crippen molar-refractivity contribution in [3.05, 3.63) is 0 Å². The zero-order chi connectivity index (χ0) is 8.20. The largest absolute Gasteiger partial charge is 0.481 e. The van der Waals surface area contributed by atoms with Crippen molar-refractivity contribution < 1.29 is 20.1 Å². The van der Waals surface area contributed by atoms with Crippen molar-refractivity contribution >= 4 is 5.97 Å². The molecule has 0 unspecified atom stereocenters. The molecule has 0 radical (unpaired) electrons. The number of carbonyl (C=O) groups is 1. The highest BCUT2D eigenvalue weighted by Crippen LogP contribution is 2.19. The van der Waals surface area contributed by atoms with Gasteiger partial charge in [-0.05, 0) is 6.42 Å². The van der Waals surface area contributed by atoms with Crippen molar-refractivity contribution in [2.24, 2.45) is 5.41 Å². The molecule has 0 aliphatic carbocycles. The molecule has 60 valence electrons. The van der Waals surface area contributed by atoms with Crippen LogP contribution >= 0.6 is 0 Å². The van der Waals surface area contributed by atoms with E-state index >= 15 is 0 Å². The molecular weight excluding hydrogens is 138 g/mol. The van der Waals surface area contributed by atoms with Crippen LogP contribution in [0.15, 0.2) is 0 Å². The van der Waals surface area contributed by atoms with E-state index in [1.54, 1.807) is 6.92 Å². The summed E-state index contributed by atoms with van der Waals surface area (Å²) < 4.78 is 0. The minimum Gasteiger partial charge on any atom is -0.481 e. The number of aliphatic carboxylic acids is 1. The van der Waals surface area contributed by atoms with Crippen molar-refractivity contribution in [1.82, 2.24) is 0 Å². The SMILES string of the molecule is CCC([13CH2]O)([13CH2]O)C(=O)O. The molecule has 0 saturated carbocycles. The Morgan fingerprint density at radius 1 is 1.40 bits per heavy atom. The van der Waals surface area contributed by atoms with Crippen LogP contribution in [-0.2, 0) is 4.79 Å². The van der Waals surface area contributed by atoms with Crippen molar-refractivity contribution in [2.75, 3.05) is 13.2 Å². The van der Waals surface area contributed by atoms with Crippen LogP contribution in [0.5, 0.6) is 0 Å². The minimum absolute atomic E-state index is 0.231. The van der Waals surface area contributed by atoms with Crippen molar-refractivity contribution in [3.63, 3.8) is 0 Å². The summed E-state index contributed by atoms with van der Waals surface area (Å²) in [5, 5.41) is 25.7. The first kappa shape index (κ1) is 9.39. The Morgan fingerprint density at radius 2 is 1.80 bits per heavy atom. The summed E-state index contributed by atoms with van der Waals surface area (Å²) in [4.78, 5) is 10.4. The predicted octanol–water partition coefficient (Wildman–Crippen LogP) is -0.548. The van der Waals surface area contributed by atoms with Crippen LogP contribution in [0.25, 0.3) is 0 Å². The Kier molecular flexibility index (Phi) is 3.32. The lowest BCUT2D eigenvalue weighted by atomic mass is 10.0. The van der Waals surface area contributed by atoms with E-state index in [4.69, 9.17) is 15.3 Å². The second kappa shape index (κ2) is 3.53. The second-order valence-electron chi connectivity index (χ2n) is 2.26. The highest BCUT2D eigenvalue weighted by Gasteiger charge is 2.35. The van der Waals surface area contributed by atoms with Gasteiger partial charge in [0.15, 0.2) is 0 Å². The zero-order valence-corrected chi connectivity index (χ0v) is 5.87. The van der Waals surface area contributed by atoms with Crippen molar-refractivity contribution in [2.45, 2.75) is 13.3 Å². The van der Waals surface area contributed by atoms with Crippen LogP contribution in [0.1, 0.15) is 13.3 Å². The molecule has 0 rings (SSSR count). The quantitative estimate of drug-likeness (QED) is 0.470. The first-order valence-corrected chi connectivity index (χ1v) is 3.08. The van der Waals surface area contributed by atoms with Gasteiger partial charge in [0, 0.05) is 0 Å². The summed E-state index contributed by atoms with van der Waals surface area (Å²) in [5.41, 5.74) is -1.35. The topological polar surface area (TPSA) is 77.8 Å². The van der Waals surface area contributed by atoms with Gasteiger partial charge in [-0.25, -0.2) is 0 Å². The summed E-state index contributed by atoms with van der Waals surface area (Å²) >= 11 is 0. The second-order valence-corrected chi connectivity index (χ2v) is 2.26. The first-order valence-electron chi connectivity index (χ1n) is 3.08. The molecule has 0 amide bonds. The third-order valence-electron chi connectivity index (χ3n) is 1.74. The van der Waals surface area contributed by atoms with Gasteiger partial charge in [-0.1, -0.05) is 6.92 Å². The molecule has 0 spiro atoms. The lowest BCUT2D eigenvalue weighted by Gasteiger charge is -2.21. The molecule has 0 aromatic rings. The monoisotopic (exact) mass is 150 g/mol. The molecule has 0 atom stereocenters. The summed E-state index contributed by atoms with van der Waals surface area (Å²) in [6.45, 7) is 0.575. The summed E-state index contributed by atoms with van der Waals surface area (Å²) in [5.74, 6) is -1.15. The number of aliphatic hydroxyl groups excluding tert-OH is 2. The van der Waals surface area contributed by atoms with Crippen LogP contribution < -0.4 is 0 Å². The van der Waals surface area contributed by atoms with E-state index in [1.807, 2.05) is 0 Å². The van der Waals surface area contributed by atoms with E-state index in [0.29, 0.717) is 0 Å². The highest BCUT2D eigenvalue weighted by atomic mass is 16.4. The third kappa shape index (κ3) is 1.46. The smallest absolute Gasteiger partial charge is 0.314 e. The number of hydrogen-bond donors (Lipinski definition) is 3. The summed E-state index contributed by atoms with van der Waals surface area (Å²) in [6, 6.07) is 0. The Bertz CT molecular complexity index is 109. The molecule has 4 heteroatoms. The van der Waals surface area contributed by atoms with Gasteiger partial charge in [0.05, 0.1) is 13.2 Å². The van der Waals surface area contributed by atoms with E-state index in [0.717, 1.165) is 0 Å². The van der Waals surface area contributed by atoms with Crippen molar-refractivity contribution in [3.8, 4) is 0 Å². The van der Waals surface area contributed by atoms with Crippen molar-refractivity contribution in [1.29, 1.82) is 0 Å². The van der Waals surface area contributed by atoms with Crippen LogP contribution in [0.4, 0.5) is 0 Å². The molecule has 10 heavy (non-hydrogen) atoms. The van der Waals surface area contributed by atoms with Crippen LogP contribution in [0.2, 0.25) is 0 Å². The van der Waals surface area contributed by atoms with Gasteiger partial charge in [-0.3, -0.25) is 4.79 Å². The Balaban J connectivity index is 4.31. The molecule has 0 aliphatic heterocycles. The van der Waals surface area contributed by atoms with Crippen LogP contribution in [0.3, 0.4) is 0 Å². The molecule has 0 saturated heterocycles.